The molecule has 0 saturated carbocycles. The first-order valence-electron chi connectivity index (χ1n) is 7.58. The molecule has 0 radical (unpaired) electrons. The first kappa shape index (κ1) is 17.2. The maximum Gasteiger partial charge on any atom is 0.325 e. The zero-order chi connectivity index (χ0) is 15.7. The van der Waals surface area contributed by atoms with Crippen molar-refractivity contribution < 1.29 is 19.8 Å². The van der Waals surface area contributed by atoms with Gasteiger partial charge in [0.2, 0.25) is 0 Å². The van der Waals surface area contributed by atoms with Gasteiger partial charge < -0.3 is 10.2 Å². The number of carbonyl (C=O) groups is 2. The minimum Gasteiger partial charge on any atom is -0.480 e. The highest BCUT2D eigenvalue weighted by atomic mass is 16.4. The smallest absolute Gasteiger partial charge is 0.325 e. The fraction of sp³-hybridized carbons (Fsp3) is 0.529. The van der Waals surface area contributed by atoms with Crippen molar-refractivity contribution >= 4 is 11.9 Å². The first-order valence-corrected chi connectivity index (χ1v) is 7.58. The van der Waals surface area contributed by atoms with Crippen LogP contribution in [-0.2, 0) is 15.0 Å². The lowest BCUT2D eigenvalue weighted by Crippen LogP contribution is -2.43. The number of hydrogen-bond donors (Lipinski definition) is 2. The Morgan fingerprint density at radius 3 is 1.95 bits per heavy atom. The van der Waals surface area contributed by atoms with Gasteiger partial charge >= 0.3 is 11.9 Å². The summed E-state index contributed by atoms with van der Waals surface area (Å²) in [5.41, 5.74) is -1.48. The van der Waals surface area contributed by atoms with E-state index in [4.69, 9.17) is 0 Å². The van der Waals surface area contributed by atoms with Crippen molar-refractivity contribution in [3.63, 3.8) is 0 Å². The molecule has 1 aromatic rings. The minimum atomic E-state index is -1.83. The fourth-order valence-electron chi connectivity index (χ4n) is 2.59. The summed E-state index contributed by atoms with van der Waals surface area (Å²) < 4.78 is 0. The maximum absolute atomic E-state index is 11.6. The topological polar surface area (TPSA) is 74.6 Å². The second-order valence-corrected chi connectivity index (χ2v) is 5.40. The van der Waals surface area contributed by atoms with Crippen molar-refractivity contribution in [1.29, 1.82) is 0 Å². The van der Waals surface area contributed by atoms with E-state index in [2.05, 4.69) is 6.92 Å². The molecule has 116 valence electrons. The van der Waals surface area contributed by atoms with Crippen LogP contribution in [0.2, 0.25) is 0 Å². The zero-order valence-electron chi connectivity index (χ0n) is 12.5. The van der Waals surface area contributed by atoms with Gasteiger partial charge in [-0.1, -0.05) is 75.8 Å². The van der Waals surface area contributed by atoms with Gasteiger partial charge in [-0.05, 0) is 12.0 Å². The van der Waals surface area contributed by atoms with Gasteiger partial charge in [0.1, 0.15) is 0 Å². The highest BCUT2D eigenvalue weighted by molar-refractivity contribution is 6.04. The van der Waals surface area contributed by atoms with Crippen molar-refractivity contribution in [2.24, 2.45) is 0 Å². The van der Waals surface area contributed by atoms with Gasteiger partial charge in [0.25, 0.3) is 0 Å². The van der Waals surface area contributed by atoms with Crippen LogP contribution in [0.1, 0.15) is 57.4 Å². The predicted molar refractivity (Wildman–Crippen MR) is 81.4 cm³/mol. The fourth-order valence-corrected chi connectivity index (χ4v) is 2.59. The van der Waals surface area contributed by atoms with Crippen LogP contribution in [0, 0.1) is 0 Å². The average molecular weight is 292 g/mol. The molecule has 0 saturated heterocycles. The monoisotopic (exact) mass is 292 g/mol. The van der Waals surface area contributed by atoms with Crippen molar-refractivity contribution in [2.45, 2.75) is 57.3 Å². The summed E-state index contributed by atoms with van der Waals surface area (Å²) in [7, 11) is 0. The molecule has 4 nitrogen and oxygen atoms in total. The molecule has 0 atom stereocenters. The largest absolute Gasteiger partial charge is 0.480 e. The maximum atomic E-state index is 11.6. The third-order valence-electron chi connectivity index (χ3n) is 3.90. The Kier molecular flexibility index (Phi) is 6.92. The molecule has 0 amide bonds. The van der Waals surface area contributed by atoms with E-state index in [0.717, 1.165) is 25.7 Å². The molecule has 0 bridgehead atoms. The number of rotatable bonds is 10. The normalized spacial score (nSPS) is 11.3. The summed E-state index contributed by atoms with van der Waals surface area (Å²) >= 11 is 0. The van der Waals surface area contributed by atoms with Crippen LogP contribution in [0.5, 0.6) is 0 Å². The van der Waals surface area contributed by atoms with Gasteiger partial charge in [-0.2, -0.15) is 0 Å². The lowest BCUT2D eigenvalue weighted by Gasteiger charge is -2.25. The number of carboxylic acids is 2. The van der Waals surface area contributed by atoms with Crippen molar-refractivity contribution in [2.75, 3.05) is 0 Å². The Morgan fingerprint density at radius 2 is 1.43 bits per heavy atom. The van der Waals surface area contributed by atoms with Crippen LogP contribution in [0.4, 0.5) is 0 Å². The van der Waals surface area contributed by atoms with Gasteiger partial charge in [0.05, 0.1) is 0 Å². The van der Waals surface area contributed by atoms with Crippen LogP contribution in [-0.4, -0.2) is 22.2 Å². The number of benzene rings is 1. The SMILES string of the molecule is CCCCCCCCC(C(=O)O)(C(=O)O)c1ccccc1. The third-order valence-corrected chi connectivity index (χ3v) is 3.90. The Labute approximate surface area is 125 Å². The first-order chi connectivity index (χ1) is 10.1. The number of unbranched alkanes of at least 4 members (excludes halogenated alkanes) is 5. The van der Waals surface area contributed by atoms with Gasteiger partial charge in [0, 0.05) is 0 Å². The molecular formula is C17H24O4. The molecule has 0 aromatic heterocycles. The molecule has 0 aliphatic rings. The molecule has 0 fully saturated rings. The Balaban J connectivity index is 2.79. The van der Waals surface area contributed by atoms with Crippen LogP contribution in [0.25, 0.3) is 0 Å². The standard InChI is InChI=1S/C17H24O4/c1-2-3-4-5-6-10-13-17(15(18)19,16(20)21)14-11-8-7-9-12-14/h7-9,11-12H,2-6,10,13H2,1H3,(H,18,19)(H,20,21). The van der Waals surface area contributed by atoms with E-state index in [1.807, 2.05) is 0 Å². The van der Waals surface area contributed by atoms with Crippen molar-refractivity contribution in [3.8, 4) is 0 Å². The Hall–Kier alpha value is -1.84. The van der Waals surface area contributed by atoms with E-state index in [1.165, 1.54) is 6.42 Å². The molecule has 2 N–H and O–H groups in total. The van der Waals surface area contributed by atoms with Crippen LogP contribution >= 0.6 is 0 Å². The van der Waals surface area contributed by atoms with Gasteiger partial charge in [-0.25, -0.2) is 0 Å². The quantitative estimate of drug-likeness (QED) is 0.507. The highest BCUT2D eigenvalue weighted by Crippen LogP contribution is 2.31. The predicted octanol–water partition coefficient (Wildman–Crippen LogP) is 3.84. The van der Waals surface area contributed by atoms with Crippen LogP contribution < -0.4 is 0 Å². The zero-order valence-corrected chi connectivity index (χ0v) is 12.5. The molecule has 0 aliphatic heterocycles. The third kappa shape index (κ3) is 4.31. The molecule has 0 spiro atoms. The number of carboxylic acid groups (broad SMARTS) is 2. The van der Waals surface area contributed by atoms with Crippen molar-refractivity contribution in [3.05, 3.63) is 35.9 Å². The molecule has 1 aromatic carbocycles. The summed E-state index contributed by atoms with van der Waals surface area (Å²) in [4.78, 5) is 23.3. The molecule has 1 rings (SSSR count). The Morgan fingerprint density at radius 1 is 0.905 bits per heavy atom. The lowest BCUT2D eigenvalue weighted by atomic mass is 9.76. The minimum absolute atomic E-state index is 0.133. The molecule has 0 heterocycles. The highest BCUT2D eigenvalue weighted by Gasteiger charge is 2.47. The number of aliphatic carboxylic acids is 2. The van der Waals surface area contributed by atoms with E-state index in [0.29, 0.717) is 12.0 Å². The summed E-state index contributed by atoms with van der Waals surface area (Å²) in [6.07, 6.45) is 6.08. The van der Waals surface area contributed by atoms with E-state index in [9.17, 15) is 19.8 Å². The van der Waals surface area contributed by atoms with E-state index < -0.39 is 17.4 Å². The summed E-state index contributed by atoms with van der Waals surface area (Å²) in [5, 5.41) is 19.0. The van der Waals surface area contributed by atoms with Gasteiger partial charge in [0.15, 0.2) is 5.41 Å². The van der Waals surface area contributed by atoms with E-state index >= 15 is 0 Å². The average Bonchev–Trinajstić information content (AvgIpc) is 2.47. The molecule has 0 unspecified atom stereocenters. The summed E-state index contributed by atoms with van der Waals surface area (Å²) in [6, 6.07) is 8.27. The second kappa shape index (κ2) is 8.45. The lowest BCUT2D eigenvalue weighted by molar-refractivity contribution is -0.158. The van der Waals surface area contributed by atoms with Gasteiger partial charge in [-0.3, -0.25) is 9.59 Å². The van der Waals surface area contributed by atoms with Crippen LogP contribution in [0.15, 0.2) is 30.3 Å². The molecular weight excluding hydrogens is 268 g/mol. The summed E-state index contributed by atoms with van der Waals surface area (Å²) in [5.74, 6) is -2.57. The van der Waals surface area contributed by atoms with Gasteiger partial charge in [-0.15, -0.1) is 0 Å². The molecule has 21 heavy (non-hydrogen) atoms. The van der Waals surface area contributed by atoms with Crippen LogP contribution in [0.3, 0.4) is 0 Å². The van der Waals surface area contributed by atoms with E-state index in [-0.39, 0.29) is 6.42 Å². The molecule has 0 aliphatic carbocycles. The van der Waals surface area contributed by atoms with E-state index in [1.54, 1.807) is 30.3 Å². The summed E-state index contributed by atoms with van der Waals surface area (Å²) in [6.45, 7) is 2.13. The number of hydrogen-bond acceptors (Lipinski definition) is 2. The second-order valence-electron chi connectivity index (χ2n) is 5.40. The Bertz CT molecular complexity index is 439. The molecule has 4 heteroatoms. The van der Waals surface area contributed by atoms with Crippen molar-refractivity contribution in [1.82, 2.24) is 0 Å².